The van der Waals surface area contributed by atoms with Gasteiger partial charge in [0.1, 0.15) is 5.82 Å². The van der Waals surface area contributed by atoms with Crippen LogP contribution in [0.15, 0.2) is 24.3 Å². The number of esters is 1. The minimum atomic E-state index is -0.237. The molecular weight excluding hydrogens is 257 g/mol. The van der Waals surface area contributed by atoms with E-state index in [1.807, 2.05) is 0 Å². The van der Waals surface area contributed by atoms with Crippen LogP contribution in [0.2, 0.25) is 0 Å². The van der Waals surface area contributed by atoms with Crippen LogP contribution in [0.3, 0.4) is 0 Å². The number of piperidine rings is 1. The zero-order chi connectivity index (χ0) is 14.3. The van der Waals surface area contributed by atoms with Crippen molar-refractivity contribution in [3.05, 3.63) is 35.6 Å². The molecule has 0 aliphatic carbocycles. The molecule has 4 heteroatoms. The molecule has 2 fully saturated rings. The molecule has 3 nitrogen and oxygen atoms in total. The molecular formula is C16H20FNO2. The minimum Gasteiger partial charge on any atom is -0.469 e. The van der Waals surface area contributed by atoms with Gasteiger partial charge in [0.15, 0.2) is 0 Å². The number of hydrogen-bond donors (Lipinski definition) is 0. The number of rotatable bonds is 2. The van der Waals surface area contributed by atoms with E-state index in [9.17, 15) is 9.18 Å². The first-order valence-electron chi connectivity index (χ1n) is 7.17. The zero-order valence-corrected chi connectivity index (χ0v) is 11.9. The fourth-order valence-electron chi connectivity index (χ4n) is 3.98. The lowest BCUT2D eigenvalue weighted by molar-refractivity contribution is -0.150. The van der Waals surface area contributed by atoms with Gasteiger partial charge < -0.3 is 4.74 Å². The quantitative estimate of drug-likeness (QED) is 0.778. The summed E-state index contributed by atoms with van der Waals surface area (Å²) in [6.45, 7) is 0. The molecule has 2 heterocycles. The molecule has 20 heavy (non-hydrogen) atoms. The number of carbonyl (C=O) groups excluding carboxylic acids is 1. The number of nitrogens with zero attached hydrogens (tertiary/aromatic N) is 1. The van der Waals surface area contributed by atoms with Crippen molar-refractivity contribution in [3.63, 3.8) is 0 Å². The first-order chi connectivity index (χ1) is 9.61. The molecule has 3 rings (SSSR count). The summed E-state index contributed by atoms with van der Waals surface area (Å²) in [6.07, 6.45) is 3.11. The molecule has 0 aromatic heterocycles. The average molecular weight is 277 g/mol. The van der Waals surface area contributed by atoms with E-state index in [-0.39, 0.29) is 29.7 Å². The summed E-state index contributed by atoms with van der Waals surface area (Å²) < 4.78 is 18.1. The zero-order valence-electron chi connectivity index (χ0n) is 11.9. The molecule has 1 aromatic rings. The van der Waals surface area contributed by atoms with Crippen LogP contribution in [0.4, 0.5) is 4.39 Å². The number of carbonyl (C=O) groups is 1. The van der Waals surface area contributed by atoms with E-state index in [1.165, 1.54) is 19.2 Å². The Bertz CT molecular complexity index is 502. The Morgan fingerprint density at radius 2 is 2.00 bits per heavy atom. The van der Waals surface area contributed by atoms with Gasteiger partial charge in [-0.3, -0.25) is 9.69 Å². The van der Waals surface area contributed by atoms with Crippen LogP contribution in [0, 0.1) is 11.7 Å². The van der Waals surface area contributed by atoms with Gasteiger partial charge in [0.2, 0.25) is 0 Å². The van der Waals surface area contributed by atoms with E-state index in [2.05, 4.69) is 11.9 Å². The number of halogens is 1. The van der Waals surface area contributed by atoms with Gasteiger partial charge in [-0.25, -0.2) is 4.39 Å². The van der Waals surface area contributed by atoms with Crippen molar-refractivity contribution >= 4 is 5.97 Å². The topological polar surface area (TPSA) is 29.5 Å². The molecule has 1 aromatic carbocycles. The highest BCUT2D eigenvalue weighted by atomic mass is 19.1. The highest BCUT2D eigenvalue weighted by molar-refractivity contribution is 5.75. The third kappa shape index (κ3) is 2.12. The fourth-order valence-corrected chi connectivity index (χ4v) is 3.98. The number of hydrogen-bond acceptors (Lipinski definition) is 3. The van der Waals surface area contributed by atoms with Gasteiger partial charge in [0.05, 0.1) is 13.0 Å². The Morgan fingerprint density at radius 3 is 2.65 bits per heavy atom. The molecule has 3 unspecified atom stereocenters. The van der Waals surface area contributed by atoms with Crippen LogP contribution >= 0.6 is 0 Å². The summed E-state index contributed by atoms with van der Waals surface area (Å²) >= 11 is 0. The molecule has 108 valence electrons. The number of benzene rings is 1. The third-order valence-corrected chi connectivity index (χ3v) is 5.04. The minimum absolute atomic E-state index is 0.136. The predicted molar refractivity (Wildman–Crippen MR) is 73.8 cm³/mol. The van der Waals surface area contributed by atoms with Gasteiger partial charge in [0.25, 0.3) is 0 Å². The summed E-state index contributed by atoms with van der Waals surface area (Å²) in [5.41, 5.74) is 1.05. The predicted octanol–water partition coefficient (Wildman–Crippen LogP) is 2.57. The Labute approximate surface area is 118 Å². The molecule has 2 saturated heterocycles. The average Bonchev–Trinajstić information content (AvgIpc) is 2.70. The lowest BCUT2D eigenvalue weighted by Gasteiger charge is -2.41. The molecule has 0 amide bonds. The number of ether oxygens (including phenoxy) is 1. The van der Waals surface area contributed by atoms with E-state index >= 15 is 0 Å². The molecule has 2 aliphatic rings. The third-order valence-electron chi connectivity index (χ3n) is 5.04. The largest absolute Gasteiger partial charge is 0.469 e. The summed E-state index contributed by atoms with van der Waals surface area (Å²) in [5, 5.41) is 0. The summed E-state index contributed by atoms with van der Waals surface area (Å²) in [4.78, 5) is 14.5. The molecule has 2 bridgehead atoms. The highest BCUT2D eigenvalue weighted by Crippen LogP contribution is 2.46. The van der Waals surface area contributed by atoms with Crippen LogP contribution in [0.5, 0.6) is 0 Å². The normalized spacial score (nSPS) is 33.1. The lowest BCUT2D eigenvalue weighted by Crippen LogP contribution is -2.49. The Kier molecular flexibility index (Phi) is 3.50. The van der Waals surface area contributed by atoms with Crippen molar-refractivity contribution in [2.45, 2.75) is 37.3 Å². The number of methoxy groups -OCH3 is 1. The Morgan fingerprint density at radius 1 is 1.30 bits per heavy atom. The van der Waals surface area contributed by atoms with E-state index in [0.29, 0.717) is 6.04 Å². The second kappa shape index (κ2) is 5.17. The van der Waals surface area contributed by atoms with E-state index in [1.54, 1.807) is 12.1 Å². The maximum Gasteiger partial charge on any atom is 0.310 e. The highest BCUT2D eigenvalue weighted by Gasteiger charge is 2.49. The van der Waals surface area contributed by atoms with E-state index in [0.717, 1.165) is 24.8 Å². The van der Waals surface area contributed by atoms with Crippen LogP contribution in [0.1, 0.15) is 30.7 Å². The van der Waals surface area contributed by atoms with Crippen LogP contribution < -0.4 is 0 Å². The summed E-state index contributed by atoms with van der Waals surface area (Å²) in [7, 11) is 3.55. The molecule has 0 N–H and O–H groups in total. The molecule has 4 atom stereocenters. The molecule has 0 radical (unpaired) electrons. The van der Waals surface area contributed by atoms with Crippen molar-refractivity contribution in [1.82, 2.24) is 4.90 Å². The second-order valence-corrected chi connectivity index (χ2v) is 5.91. The standard InChI is InChI=1S/C16H20FNO2/c1-18-12-7-8-14(18)15(16(19)20-2)13(9-12)10-3-5-11(17)6-4-10/h3-6,12-15H,7-9H2,1-2H3/t12?,13-,14?,15?/m1/s1. The number of fused-ring (bicyclic) bond motifs is 2. The molecule has 0 saturated carbocycles. The van der Waals surface area contributed by atoms with E-state index < -0.39 is 0 Å². The molecule has 0 spiro atoms. The Balaban J connectivity index is 1.95. The summed E-state index contributed by atoms with van der Waals surface area (Å²) in [5.74, 6) is -0.387. The van der Waals surface area contributed by atoms with Crippen molar-refractivity contribution < 1.29 is 13.9 Å². The lowest BCUT2D eigenvalue weighted by atomic mass is 9.76. The first-order valence-corrected chi connectivity index (χ1v) is 7.17. The van der Waals surface area contributed by atoms with Gasteiger partial charge in [-0.1, -0.05) is 12.1 Å². The monoisotopic (exact) mass is 277 g/mol. The smallest absolute Gasteiger partial charge is 0.310 e. The molecule has 2 aliphatic heterocycles. The van der Waals surface area contributed by atoms with Gasteiger partial charge in [-0.15, -0.1) is 0 Å². The van der Waals surface area contributed by atoms with Crippen molar-refractivity contribution in [2.24, 2.45) is 5.92 Å². The first kappa shape index (κ1) is 13.6. The maximum atomic E-state index is 13.1. The van der Waals surface area contributed by atoms with Crippen molar-refractivity contribution in [2.75, 3.05) is 14.2 Å². The van der Waals surface area contributed by atoms with Gasteiger partial charge >= 0.3 is 5.97 Å². The van der Waals surface area contributed by atoms with Crippen LogP contribution in [-0.4, -0.2) is 37.1 Å². The fraction of sp³-hybridized carbons (Fsp3) is 0.562. The van der Waals surface area contributed by atoms with Crippen LogP contribution in [-0.2, 0) is 9.53 Å². The Hall–Kier alpha value is -1.42. The van der Waals surface area contributed by atoms with Crippen molar-refractivity contribution in [3.8, 4) is 0 Å². The summed E-state index contributed by atoms with van der Waals surface area (Å²) in [6, 6.07) is 7.34. The second-order valence-electron chi connectivity index (χ2n) is 5.91. The van der Waals surface area contributed by atoms with Crippen LogP contribution in [0.25, 0.3) is 0 Å². The van der Waals surface area contributed by atoms with Crippen molar-refractivity contribution in [1.29, 1.82) is 0 Å². The SMILES string of the molecule is COC(=O)C1C2CCC(C[C@@H]1c1ccc(F)cc1)N2C. The van der Waals surface area contributed by atoms with Gasteiger partial charge in [-0.2, -0.15) is 0 Å². The maximum absolute atomic E-state index is 13.1. The van der Waals surface area contributed by atoms with Gasteiger partial charge in [0, 0.05) is 18.0 Å². The van der Waals surface area contributed by atoms with E-state index in [4.69, 9.17) is 4.74 Å². The van der Waals surface area contributed by atoms with Gasteiger partial charge in [-0.05, 0) is 44.0 Å².